The van der Waals surface area contributed by atoms with Crippen LogP contribution in [0.3, 0.4) is 0 Å². The SMILES string of the molecule is N#Cc1sc(NCCNC(=O)C2CC2)nc1Cl. The van der Waals surface area contributed by atoms with E-state index in [2.05, 4.69) is 15.6 Å². The molecule has 7 heteroatoms. The summed E-state index contributed by atoms with van der Waals surface area (Å²) >= 11 is 6.93. The van der Waals surface area contributed by atoms with Crippen LogP contribution in [0.5, 0.6) is 0 Å². The molecule has 1 saturated carbocycles. The van der Waals surface area contributed by atoms with Crippen LogP contribution >= 0.6 is 22.9 Å². The number of hydrogen-bond acceptors (Lipinski definition) is 5. The van der Waals surface area contributed by atoms with Gasteiger partial charge in [0.1, 0.15) is 10.9 Å². The Bertz CT molecular complexity index is 463. The molecule has 5 nitrogen and oxygen atoms in total. The summed E-state index contributed by atoms with van der Waals surface area (Å²) in [6.07, 6.45) is 2.01. The van der Waals surface area contributed by atoms with Crippen molar-refractivity contribution in [3.63, 3.8) is 0 Å². The summed E-state index contributed by atoms with van der Waals surface area (Å²) in [6.45, 7) is 1.13. The Morgan fingerprint density at radius 3 is 2.94 bits per heavy atom. The van der Waals surface area contributed by atoms with Crippen LogP contribution in [0, 0.1) is 17.2 Å². The lowest BCUT2D eigenvalue weighted by Crippen LogP contribution is -2.29. The van der Waals surface area contributed by atoms with Crippen molar-refractivity contribution in [2.45, 2.75) is 12.8 Å². The summed E-state index contributed by atoms with van der Waals surface area (Å²) in [7, 11) is 0. The number of aromatic nitrogens is 1. The highest BCUT2D eigenvalue weighted by Gasteiger charge is 2.28. The molecule has 1 aromatic heterocycles. The van der Waals surface area contributed by atoms with Gasteiger partial charge in [-0.15, -0.1) is 0 Å². The van der Waals surface area contributed by atoms with Crippen molar-refractivity contribution in [2.24, 2.45) is 5.92 Å². The van der Waals surface area contributed by atoms with Gasteiger partial charge in [0.2, 0.25) is 5.91 Å². The van der Waals surface area contributed by atoms with Gasteiger partial charge < -0.3 is 10.6 Å². The second kappa shape index (κ2) is 5.34. The average Bonchev–Trinajstić information content (AvgIpc) is 3.09. The van der Waals surface area contributed by atoms with E-state index < -0.39 is 0 Å². The first kappa shape index (κ1) is 12.1. The number of carbonyl (C=O) groups excluding carboxylic acids is 1. The van der Waals surface area contributed by atoms with E-state index in [1.54, 1.807) is 0 Å². The summed E-state index contributed by atoms with van der Waals surface area (Å²) < 4.78 is 0. The molecule has 0 unspecified atom stereocenters. The summed E-state index contributed by atoms with van der Waals surface area (Å²) in [4.78, 5) is 15.7. The minimum atomic E-state index is 0.127. The maximum Gasteiger partial charge on any atom is 0.223 e. The fourth-order valence-corrected chi connectivity index (χ4v) is 2.26. The molecular weight excluding hydrogens is 260 g/mol. The van der Waals surface area contributed by atoms with E-state index in [0.29, 0.717) is 23.1 Å². The molecule has 90 valence electrons. The van der Waals surface area contributed by atoms with E-state index in [1.807, 2.05) is 6.07 Å². The second-order valence-electron chi connectivity index (χ2n) is 3.74. The number of hydrogen-bond donors (Lipinski definition) is 2. The highest BCUT2D eigenvalue weighted by Crippen LogP contribution is 2.28. The first-order valence-corrected chi connectivity index (χ1v) is 6.48. The Morgan fingerprint density at radius 1 is 1.59 bits per heavy atom. The molecule has 1 aromatic rings. The van der Waals surface area contributed by atoms with Crippen LogP contribution in [0.1, 0.15) is 17.7 Å². The number of nitrogens with zero attached hydrogens (tertiary/aromatic N) is 2. The van der Waals surface area contributed by atoms with Gasteiger partial charge in [-0.25, -0.2) is 4.98 Å². The van der Waals surface area contributed by atoms with Crippen LogP contribution in [0.15, 0.2) is 0 Å². The van der Waals surface area contributed by atoms with E-state index >= 15 is 0 Å². The van der Waals surface area contributed by atoms with Crippen molar-refractivity contribution in [1.29, 1.82) is 5.26 Å². The lowest BCUT2D eigenvalue weighted by Gasteiger charge is -2.04. The predicted molar refractivity (Wildman–Crippen MR) is 66.1 cm³/mol. The number of rotatable bonds is 5. The van der Waals surface area contributed by atoms with Crippen molar-refractivity contribution in [1.82, 2.24) is 10.3 Å². The van der Waals surface area contributed by atoms with Gasteiger partial charge in [0.25, 0.3) is 0 Å². The molecule has 1 aliphatic carbocycles. The molecule has 0 radical (unpaired) electrons. The zero-order valence-electron chi connectivity index (χ0n) is 8.99. The largest absolute Gasteiger partial charge is 0.360 e. The number of nitriles is 1. The third-order valence-corrected chi connectivity index (χ3v) is 3.64. The van der Waals surface area contributed by atoms with Gasteiger partial charge in [-0.2, -0.15) is 5.26 Å². The number of amides is 1. The van der Waals surface area contributed by atoms with E-state index in [9.17, 15) is 4.79 Å². The molecular formula is C10H11ClN4OS. The first-order valence-electron chi connectivity index (χ1n) is 5.28. The summed E-state index contributed by atoms with van der Waals surface area (Å²) in [5.41, 5.74) is 0. The van der Waals surface area contributed by atoms with E-state index in [1.165, 1.54) is 11.3 Å². The molecule has 1 heterocycles. The molecule has 0 saturated heterocycles. The maximum atomic E-state index is 11.3. The minimum absolute atomic E-state index is 0.127. The molecule has 2 rings (SSSR count). The molecule has 0 spiro atoms. The Hall–Kier alpha value is -1.32. The summed E-state index contributed by atoms with van der Waals surface area (Å²) in [5.74, 6) is 0.358. The summed E-state index contributed by atoms with van der Waals surface area (Å²) in [6, 6.07) is 1.96. The smallest absolute Gasteiger partial charge is 0.223 e. The lowest BCUT2D eigenvalue weighted by molar-refractivity contribution is -0.122. The Kier molecular flexibility index (Phi) is 3.82. The van der Waals surface area contributed by atoms with Crippen LogP contribution < -0.4 is 10.6 Å². The minimum Gasteiger partial charge on any atom is -0.360 e. The molecule has 1 fully saturated rings. The number of thiazole rings is 1. The normalized spacial score (nSPS) is 14.1. The highest BCUT2D eigenvalue weighted by molar-refractivity contribution is 7.16. The number of nitrogens with one attached hydrogen (secondary N) is 2. The van der Waals surface area contributed by atoms with Gasteiger partial charge in [0.05, 0.1) is 0 Å². The molecule has 1 amide bonds. The van der Waals surface area contributed by atoms with Crippen LogP contribution in [-0.2, 0) is 4.79 Å². The maximum absolute atomic E-state index is 11.3. The molecule has 0 atom stereocenters. The van der Waals surface area contributed by atoms with E-state index in [0.717, 1.165) is 12.8 Å². The van der Waals surface area contributed by atoms with E-state index in [4.69, 9.17) is 16.9 Å². The number of anilines is 1. The molecule has 0 aliphatic heterocycles. The van der Waals surface area contributed by atoms with Crippen LogP contribution in [0.25, 0.3) is 0 Å². The molecule has 0 bridgehead atoms. The van der Waals surface area contributed by atoms with Gasteiger partial charge in [0, 0.05) is 19.0 Å². The van der Waals surface area contributed by atoms with Crippen molar-refractivity contribution in [3.8, 4) is 6.07 Å². The van der Waals surface area contributed by atoms with Crippen molar-refractivity contribution in [2.75, 3.05) is 18.4 Å². The summed E-state index contributed by atoms with van der Waals surface area (Å²) in [5, 5.41) is 15.4. The van der Waals surface area contributed by atoms with E-state index in [-0.39, 0.29) is 17.0 Å². The number of carbonyl (C=O) groups is 1. The fraction of sp³-hybridized carbons (Fsp3) is 0.500. The second-order valence-corrected chi connectivity index (χ2v) is 5.10. The van der Waals surface area contributed by atoms with Gasteiger partial charge in [-0.1, -0.05) is 22.9 Å². The van der Waals surface area contributed by atoms with Crippen LogP contribution in [-0.4, -0.2) is 24.0 Å². The molecule has 1 aliphatic rings. The fourth-order valence-electron chi connectivity index (χ4n) is 1.29. The Balaban J connectivity index is 1.70. The zero-order valence-corrected chi connectivity index (χ0v) is 10.6. The predicted octanol–water partition coefficient (Wildman–Crippen LogP) is 1.61. The number of halogens is 1. The van der Waals surface area contributed by atoms with Crippen molar-refractivity contribution < 1.29 is 4.79 Å². The highest BCUT2D eigenvalue weighted by atomic mass is 35.5. The van der Waals surface area contributed by atoms with Crippen LogP contribution in [0.2, 0.25) is 5.15 Å². The third-order valence-electron chi connectivity index (χ3n) is 2.34. The molecule has 2 N–H and O–H groups in total. The Labute approximate surface area is 108 Å². The van der Waals surface area contributed by atoms with Gasteiger partial charge in [0.15, 0.2) is 10.3 Å². The van der Waals surface area contributed by atoms with Gasteiger partial charge >= 0.3 is 0 Å². The topological polar surface area (TPSA) is 77.8 Å². The Morgan fingerprint density at radius 2 is 2.35 bits per heavy atom. The lowest BCUT2D eigenvalue weighted by atomic mass is 10.4. The van der Waals surface area contributed by atoms with Gasteiger partial charge in [-0.05, 0) is 12.8 Å². The van der Waals surface area contributed by atoms with Gasteiger partial charge in [-0.3, -0.25) is 4.79 Å². The molecule has 17 heavy (non-hydrogen) atoms. The molecule has 0 aromatic carbocycles. The van der Waals surface area contributed by atoms with Crippen LogP contribution in [0.4, 0.5) is 5.13 Å². The quantitative estimate of drug-likeness (QED) is 0.797. The zero-order chi connectivity index (χ0) is 12.3. The van der Waals surface area contributed by atoms with Crippen molar-refractivity contribution in [3.05, 3.63) is 10.0 Å². The monoisotopic (exact) mass is 270 g/mol. The third kappa shape index (κ3) is 3.32. The first-order chi connectivity index (χ1) is 8.20. The average molecular weight is 271 g/mol. The standard InChI is InChI=1S/C10H11ClN4OS/c11-8-7(5-12)17-10(15-8)14-4-3-13-9(16)6-1-2-6/h6H,1-4H2,(H,13,16)(H,14,15). The van der Waals surface area contributed by atoms with Crippen molar-refractivity contribution >= 4 is 34.0 Å².